The van der Waals surface area contributed by atoms with Crippen molar-refractivity contribution in [1.29, 1.82) is 0 Å². The fourth-order valence-electron chi connectivity index (χ4n) is 4.56. The summed E-state index contributed by atoms with van der Waals surface area (Å²) >= 11 is 0. The van der Waals surface area contributed by atoms with Crippen LogP contribution in [0.2, 0.25) is 0 Å². The number of nitrogens with zero attached hydrogens (tertiary/aromatic N) is 2. The normalized spacial score (nSPS) is 15.5. The molecule has 5 rings (SSSR count). The number of hydrogen-bond donors (Lipinski definition) is 2. The molecule has 190 valence electrons. The number of rotatable bonds is 8. The Morgan fingerprint density at radius 1 is 0.865 bits per heavy atom. The fourth-order valence-corrected chi connectivity index (χ4v) is 4.56. The molecule has 3 aromatic carbocycles. The van der Waals surface area contributed by atoms with Crippen LogP contribution in [-0.4, -0.2) is 51.1 Å². The second kappa shape index (κ2) is 11.2. The molecule has 2 amide bonds. The van der Waals surface area contributed by atoms with Gasteiger partial charge in [-0.25, -0.2) is 0 Å². The molecule has 1 heterocycles. The van der Waals surface area contributed by atoms with Gasteiger partial charge >= 0.3 is 0 Å². The number of carbonyl (C=O) groups excluding carboxylic acids is 2. The Bertz CT molecular complexity index is 1280. The van der Waals surface area contributed by atoms with E-state index in [-0.39, 0.29) is 17.9 Å². The molecule has 1 aliphatic carbocycles. The molecule has 1 saturated carbocycles. The first kappa shape index (κ1) is 24.4. The second-order valence-electron chi connectivity index (χ2n) is 9.36. The highest BCUT2D eigenvalue weighted by molar-refractivity contribution is 6.05. The zero-order valence-electron chi connectivity index (χ0n) is 21.0. The molecule has 0 radical (unpaired) electrons. The minimum absolute atomic E-state index is 0.0967. The first-order valence-corrected chi connectivity index (χ1v) is 12.7. The molecule has 3 aromatic rings. The summed E-state index contributed by atoms with van der Waals surface area (Å²) in [6, 6.07) is 23.5. The largest absolute Gasteiger partial charge is 0.495 e. The van der Waals surface area contributed by atoms with E-state index >= 15 is 0 Å². The molecule has 0 spiro atoms. The van der Waals surface area contributed by atoms with E-state index in [9.17, 15) is 9.59 Å². The van der Waals surface area contributed by atoms with Crippen LogP contribution < -0.4 is 25.2 Å². The van der Waals surface area contributed by atoms with Crippen LogP contribution in [0.5, 0.6) is 5.75 Å². The third kappa shape index (κ3) is 6.12. The molecule has 37 heavy (non-hydrogen) atoms. The highest BCUT2D eigenvalue weighted by Crippen LogP contribution is 2.31. The van der Waals surface area contributed by atoms with E-state index in [1.807, 2.05) is 60.7 Å². The number of para-hydroxylation sites is 2. The molecule has 0 aromatic heterocycles. The van der Waals surface area contributed by atoms with Crippen LogP contribution >= 0.6 is 0 Å². The summed E-state index contributed by atoms with van der Waals surface area (Å²) < 4.78 is 5.54. The molecule has 2 aliphatic rings. The standard InChI is InChI=1S/C30H32N4O3/c1-37-28-10-6-5-9-27(28)34-19-17-33(18-20-34)26-15-14-24(21-25(26)30(36)32-23-12-13-23)31-29(35)16-11-22-7-3-2-4-8-22/h2-11,14-16,21,23H,12-13,17-20H2,1H3,(H,31,35)(H,32,36)/b16-11+. The highest BCUT2D eigenvalue weighted by Gasteiger charge is 2.27. The van der Waals surface area contributed by atoms with Gasteiger partial charge < -0.3 is 25.2 Å². The van der Waals surface area contributed by atoms with E-state index in [1.165, 1.54) is 6.08 Å². The molecule has 0 atom stereocenters. The van der Waals surface area contributed by atoms with Gasteiger partial charge in [0.2, 0.25) is 5.91 Å². The van der Waals surface area contributed by atoms with Gasteiger partial charge in [0, 0.05) is 49.7 Å². The fraction of sp³-hybridized carbons (Fsp3) is 0.267. The predicted molar refractivity (Wildman–Crippen MR) is 148 cm³/mol. The Hall–Kier alpha value is -4.26. The van der Waals surface area contributed by atoms with Gasteiger partial charge in [-0.3, -0.25) is 9.59 Å². The lowest BCUT2D eigenvalue weighted by Gasteiger charge is -2.38. The average molecular weight is 497 g/mol. The Labute approximate surface area is 217 Å². The molecule has 1 aliphatic heterocycles. The van der Waals surface area contributed by atoms with Crippen LogP contribution in [0, 0.1) is 0 Å². The van der Waals surface area contributed by atoms with Crippen molar-refractivity contribution in [2.75, 3.05) is 48.4 Å². The smallest absolute Gasteiger partial charge is 0.253 e. The Balaban J connectivity index is 1.31. The van der Waals surface area contributed by atoms with Crippen molar-refractivity contribution in [3.8, 4) is 5.75 Å². The van der Waals surface area contributed by atoms with Gasteiger partial charge in [0.05, 0.1) is 18.4 Å². The third-order valence-electron chi connectivity index (χ3n) is 6.69. The van der Waals surface area contributed by atoms with Crippen LogP contribution in [0.3, 0.4) is 0 Å². The maximum atomic E-state index is 13.2. The summed E-state index contributed by atoms with van der Waals surface area (Å²) in [7, 11) is 1.69. The molecule has 1 saturated heterocycles. The van der Waals surface area contributed by atoms with Crippen LogP contribution in [0.25, 0.3) is 6.08 Å². The SMILES string of the molecule is COc1ccccc1N1CCN(c2ccc(NC(=O)/C=C/c3ccccc3)cc2C(=O)NC2CC2)CC1. The van der Waals surface area contributed by atoms with E-state index in [1.54, 1.807) is 19.3 Å². The van der Waals surface area contributed by atoms with Gasteiger partial charge in [-0.05, 0) is 54.8 Å². The number of anilines is 3. The number of carbonyl (C=O) groups is 2. The number of ether oxygens (including phenoxy) is 1. The lowest BCUT2D eigenvalue weighted by atomic mass is 10.1. The van der Waals surface area contributed by atoms with Crippen molar-refractivity contribution in [2.45, 2.75) is 18.9 Å². The minimum atomic E-state index is -0.240. The summed E-state index contributed by atoms with van der Waals surface area (Å²) in [5, 5.41) is 6.01. The van der Waals surface area contributed by atoms with Crippen LogP contribution in [0.1, 0.15) is 28.8 Å². The quantitative estimate of drug-likeness (QED) is 0.447. The number of hydrogen-bond acceptors (Lipinski definition) is 5. The molecular formula is C30H32N4O3. The summed E-state index contributed by atoms with van der Waals surface area (Å²) in [6.07, 6.45) is 5.30. The van der Waals surface area contributed by atoms with E-state index in [0.717, 1.165) is 61.7 Å². The van der Waals surface area contributed by atoms with Crippen LogP contribution in [-0.2, 0) is 4.79 Å². The summed E-state index contributed by atoms with van der Waals surface area (Å²) in [4.78, 5) is 30.3. The summed E-state index contributed by atoms with van der Waals surface area (Å²) in [6.45, 7) is 3.17. The number of piperazine rings is 1. The van der Waals surface area contributed by atoms with Gasteiger partial charge in [-0.15, -0.1) is 0 Å². The van der Waals surface area contributed by atoms with Crippen molar-refractivity contribution in [1.82, 2.24) is 5.32 Å². The molecule has 0 bridgehead atoms. The van der Waals surface area contributed by atoms with Gasteiger partial charge in [-0.1, -0.05) is 42.5 Å². The van der Waals surface area contributed by atoms with Gasteiger partial charge in [0.15, 0.2) is 0 Å². The zero-order chi connectivity index (χ0) is 25.6. The van der Waals surface area contributed by atoms with E-state index < -0.39 is 0 Å². The Morgan fingerprint density at radius 3 is 2.24 bits per heavy atom. The maximum absolute atomic E-state index is 13.2. The number of nitrogens with one attached hydrogen (secondary N) is 2. The van der Waals surface area contributed by atoms with Crippen molar-refractivity contribution in [3.63, 3.8) is 0 Å². The molecule has 2 N–H and O–H groups in total. The van der Waals surface area contributed by atoms with Crippen molar-refractivity contribution in [2.24, 2.45) is 0 Å². The van der Waals surface area contributed by atoms with Gasteiger partial charge in [0.1, 0.15) is 5.75 Å². The topological polar surface area (TPSA) is 73.9 Å². The van der Waals surface area contributed by atoms with Gasteiger partial charge in [-0.2, -0.15) is 0 Å². The Kier molecular flexibility index (Phi) is 7.40. The van der Waals surface area contributed by atoms with Crippen molar-refractivity contribution in [3.05, 3.63) is 90.0 Å². The molecule has 7 heteroatoms. The molecule has 0 unspecified atom stereocenters. The third-order valence-corrected chi connectivity index (χ3v) is 6.69. The number of methoxy groups -OCH3 is 1. The maximum Gasteiger partial charge on any atom is 0.253 e. The lowest BCUT2D eigenvalue weighted by Crippen LogP contribution is -2.47. The molecular weight excluding hydrogens is 464 g/mol. The lowest BCUT2D eigenvalue weighted by molar-refractivity contribution is -0.111. The number of amides is 2. The van der Waals surface area contributed by atoms with E-state index in [2.05, 4.69) is 26.5 Å². The average Bonchev–Trinajstić information content (AvgIpc) is 3.76. The van der Waals surface area contributed by atoms with Crippen LogP contribution in [0.4, 0.5) is 17.1 Å². The first-order valence-electron chi connectivity index (χ1n) is 12.7. The zero-order valence-corrected chi connectivity index (χ0v) is 21.0. The van der Waals surface area contributed by atoms with Crippen molar-refractivity contribution >= 4 is 35.0 Å². The second-order valence-corrected chi connectivity index (χ2v) is 9.36. The highest BCUT2D eigenvalue weighted by atomic mass is 16.5. The predicted octanol–water partition coefficient (Wildman–Crippen LogP) is 4.57. The number of benzene rings is 3. The van der Waals surface area contributed by atoms with E-state index in [0.29, 0.717) is 11.3 Å². The van der Waals surface area contributed by atoms with Crippen LogP contribution in [0.15, 0.2) is 78.9 Å². The summed E-state index contributed by atoms with van der Waals surface area (Å²) in [5.41, 5.74) is 4.10. The van der Waals surface area contributed by atoms with Gasteiger partial charge in [0.25, 0.3) is 5.91 Å². The first-order chi connectivity index (χ1) is 18.1. The minimum Gasteiger partial charge on any atom is -0.495 e. The molecule has 2 fully saturated rings. The summed E-state index contributed by atoms with van der Waals surface area (Å²) in [5.74, 6) is 0.526. The van der Waals surface area contributed by atoms with Crippen molar-refractivity contribution < 1.29 is 14.3 Å². The van der Waals surface area contributed by atoms with E-state index in [4.69, 9.17) is 4.74 Å². The molecule has 7 nitrogen and oxygen atoms in total. The Morgan fingerprint density at radius 2 is 1.54 bits per heavy atom. The monoisotopic (exact) mass is 496 g/mol.